The molecule has 12 heavy (non-hydrogen) atoms. The fraction of sp³-hybridized carbons (Fsp3) is 0.364. The van der Waals surface area contributed by atoms with Crippen LogP contribution in [0.5, 0.6) is 0 Å². The summed E-state index contributed by atoms with van der Waals surface area (Å²) in [6.07, 6.45) is 6.10. The lowest BCUT2D eigenvalue weighted by Crippen LogP contribution is -2.14. The molecular weight excluding hydrogens is 168 g/mol. The van der Waals surface area contributed by atoms with E-state index in [2.05, 4.69) is 18.6 Å². The lowest BCUT2D eigenvalue weighted by atomic mass is 9.81. The van der Waals surface area contributed by atoms with Crippen molar-refractivity contribution in [3.05, 3.63) is 41.3 Å². The van der Waals surface area contributed by atoms with Crippen LogP contribution < -0.4 is 0 Å². The van der Waals surface area contributed by atoms with E-state index in [0.29, 0.717) is 0 Å². The van der Waals surface area contributed by atoms with E-state index in [4.69, 9.17) is 11.6 Å². The largest absolute Gasteiger partial charge is 0.0843 e. The molecule has 0 atom stereocenters. The minimum atomic E-state index is 0.857. The third-order valence-electron chi connectivity index (χ3n) is 2.41. The van der Waals surface area contributed by atoms with Gasteiger partial charge in [0.25, 0.3) is 0 Å². The van der Waals surface area contributed by atoms with E-state index in [1.165, 1.54) is 24.8 Å². The smallest absolute Gasteiger partial charge is 0.0408 e. The molecular formula is C11H12Cl. The first-order chi connectivity index (χ1) is 5.84. The molecule has 0 bridgehead atoms. The van der Waals surface area contributed by atoms with Crippen molar-refractivity contribution >= 4 is 11.6 Å². The molecule has 1 heteroatoms. The van der Waals surface area contributed by atoms with Gasteiger partial charge in [-0.25, -0.2) is 0 Å². The minimum absolute atomic E-state index is 0.857. The van der Waals surface area contributed by atoms with Crippen LogP contribution in [0.4, 0.5) is 0 Å². The van der Waals surface area contributed by atoms with E-state index in [-0.39, 0.29) is 0 Å². The highest BCUT2D eigenvalue weighted by molar-refractivity contribution is 6.30. The van der Waals surface area contributed by atoms with Crippen LogP contribution in [0.3, 0.4) is 0 Å². The molecule has 0 nitrogen and oxygen atoms in total. The van der Waals surface area contributed by atoms with E-state index in [1.54, 1.807) is 0 Å². The lowest BCUT2D eigenvalue weighted by molar-refractivity contribution is 0.408. The molecule has 0 aliphatic heterocycles. The lowest BCUT2D eigenvalue weighted by Gasteiger charge is -2.24. The Kier molecular flexibility index (Phi) is 2.36. The minimum Gasteiger partial charge on any atom is -0.0843 e. The fourth-order valence-electron chi connectivity index (χ4n) is 1.57. The first kappa shape index (κ1) is 8.12. The SMILES string of the molecule is Clc1cccc(CC2C[CH]C2)c1. The number of hydrogen-bond acceptors (Lipinski definition) is 0. The first-order valence-corrected chi connectivity index (χ1v) is 4.78. The van der Waals surface area contributed by atoms with Gasteiger partial charge in [-0.2, -0.15) is 0 Å². The number of halogens is 1. The molecule has 0 aromatic heterocycles. The van der Waals surface area contributed by atoms with Gasteiger partial charge in [-0.1, -0.05) is 23.7 Å². The van der Waals surface area contributed by atoms with Crippen LogP contribution in [0, 0.1) is 12.3 Å². The summed E-state index contributed by atoms with van der Waals surface area (Å²) in [5.74, 6) is 0.878. The summed E-state index contributed by atoms with van der Waals surface area (Å²) in [5, 5.41) is 0.857. The normalized spacial score (nSPS) is 17.4. The average molecular weight is 180 g/mol. The Morgan fingerprint density at radius 3 is 2.75 bits per heavy atom. The van der Waals surface area contributed by atoms with Crippen LogP contribution in [-0.2, 0) is 6.42 Å². The Labute approximate surface area is 78.6 Å². The average Bonchev–Trinajstić information content (AvgIpc) is 1.97. The van der Waals surface area contributed by atoms with Gasteiger partial charge in [0.2, 0.25) is 0 Å². The molecule has 1 aliphatic carbocycles. The zero-order valence-electron chi connectivity index (χ0n) is 6.96. The molecule has 0 spiro atoms. The van der Waals surface area contributed by atoms with Gasteiger partial charge in [0.05, 0.1) is 0 Å². The molecule has 1 aromatic carbocycles. The van der Waals surface area contributed by atoms with Gasteiger partial charge >= 0.3 is 0 Å². The zero-order chi connectivity index (χ0) is 8.39. The van der Waals surface area contributed by atoms with Crippen molar-refractivity contribution in [2.75, 3.05) is 0 Å². The second kappa shape index (κ2) is 3.49. The van der Waals surface area contributed by atoms with Crippen molar-refractivity contribution in [3.8, 4) is 0 Å². The van der Waals surface area contributed by atoms with Crippen molar-refractivity contribution in [1.82, 2.24) is 0 Å². The Balaban J connectivity index is 2.02. The van der Waals surface area contributed by atoms with Gasteiger partial charge in [0, 0.05) is 5.02 Å². The first-order valence-electron chi connectivity index (χ1n) is 4.41. The van der Waals surface area contributed by atoms with Gasteiger partial charge < -0.3 is 0 Å². The number of hydrogen-bond donors (Lipinski definition) is 0. The predicted molar refractivity (Wildman–Crippen MR) is 52.2 cm³/mol. The third kappa shape index (κ3) is 1.81. The van der Waals surface area contributed by atoms with E-state index in [1.807, 2.05) is 12.1 Å². The van der Waals surface area contributed by atoms with Crippen LogP contribution in [0.25, 0.3) is 0 Å². The monoisotopic (exact) mass is 179 g/mol. The molecule has 2 rings (SSSR count). The van der Waals surface area contributed by atoms with E-state index >= 15 is 0 Å². The summed E-state index contributed by atoms with van der Waals surface area (Å²) in [7, 11) is 0. The molecule has 1 aliphatic rings. The zero-order valence-corrected chi connectivity index (χ0v) is 7.72. The highest BCUT2D eigenvalue weighted by Crippen LogP contribution is 2.29. The summed E-state index contributed by atoms with van der Waals surface area (Å²) in [6, 6.07) is 8.18. The second-order valence-corrected chi connectivity index (χ2v) is 3.90. The molecule has 0 unspecified atom stereocenters. The van der Waals surface area contributed by atoms with Gasteiger partial charge in [0.1, 0.15) is 0 Å². The van der Waals surface area contributed by atoms with Crippen molar-refractivity contribution < 1.29 is 0 Å². The van der Waals surface area contributed by atoms with Crippen molar-refractivity contribution in [3.63, 3.8) is 0 Å². The Hall–Kier alpha value is -0.490. The quantitative estimate of drug-likeness (QED) is 0.652. The summed E-state index contributed by atoms with van der Waals surface area (Å²) in [4.78, 5) is 0. The van der Waals surface area contributed by atoms with Crippen LogP contribution in [-0.4, -0.2) is 0 Å². The van der Waals surface area contributed by atoms with Crippen LogP contribution in [0.15, 0.2) is 24.3 Å². The van der Waals surface area contributed by atoms with Gasteiger partial charge in [0.15, 0.2) is 0 Å². The number of benzene rings is 1. The maximum Gasteiger partial charge on any atom is 0.0408 e. The standard InChI is InChI=1S/C11H12Cl/c12-11-6-2-5-10(8-11)7-9-3-1-4-9/h1-2,5-6,8-9H,3-4,7H2. The van der Waals surface area contributed by atoms with Crippen LogP contribution in [0.2, 0.25) is 5.02 Å². The maximum atomic E-state index is 5.88. The van der Waals surface area contributed by atoms with Crippen LogP contribution >= 0.6 is 11.6 Å². The van der Waals surface area contributed by atoms with Gasteiger partial charge in [-0.05, 0) is 49.3 Å². The van der Waals surface area contributed by atoms with Crippen LogP contribution in [0.1, 0.15) is 18.4 Å². The molecule has 0 N–H and O–H groups in total. The third-order valence-corrected chi connectivity index (χ3v) is 2.65. The molecule has 1 radical (unpaired) electrons. The maximum absolute atomic E-state index is 5.88. The van der Waals surface area contributed by atoms with Crippen molar-refractivity contribution in [2.24, 2.45) is 5.92 Å². The Morgan fingerprint density at radius 2 is 2.17 bits per heavy atom. The Bertz CT molecular complexity index is 263. The summed E-state index contributed by atoms with van der Waals surface area (Å²) in [5.41, 5.74) is 1.38. The van der Waals surface area contributed by atoms with E-state index in [9.17, 15) is 0 Å². The topological polar surface area (TPSA) is 0 Å². The molecule has 0 saturated heterocycles. The van der Waals surface area contributed by atoms with E-state index in [0.717, 1.165) is 10.9 Å². The Morgan fingerprint density at radius 1 is 1.33 bits per heavy atom. The molecule has 1 fully saturated rings. The second-order valence-electron chi connectivity index (χ2n) is 3.46. The highest BCUT2D eigenvalue weighted by atomic mass is 35.5. The molecule has 1 aromatic rings. The summed E-state index contributed by atoms with van der Waals surface area (Å²) >= 11 is 5.88. The summed E-state index contributed by atoms with van der Waals surface area (Å²) < 4.78 is 0. The van der Waals surface area contributed by atoms with Gasteiger partial charge in [-0.15, -0.1) is 0 Å². The molecule has 0 amide bonds. The summed E-state index contributed by atoms with van der Waals surface area (Å²) in [6.45, 7) is 0. The molecule has 63 valence electrons. The molecule has 1 saturated carbocycles. The predicted octanol–water partition coefficient (Wildman–Crippen LogP) is 3.50. The molecule has 0 heterocycles. The number of rotatable bonds is 2. The van der Waals surface area contributed by atoms with Gasteiger partial charge in [-0.3, -0.25) is 0 Å². The van der Waals surface area contributed by atoms with E-state index < -0.39 is 0 Å². The fourth-order valence-corrected chi connectivity index (χ4v) is 1.78. The van der Waals surface area contributed by atoms with Crippen molar-refractivity contribution in [1.29, 1.82) is 0 Å². The highest BCUT2D eigenvalue weighted by Gasteiger charge is 2.17. The van der Waals surface area contributed by atoms with Crippen molar-refractivity contribution in [2.45, 2.75) is 19.3 Å².